The average Bonchev–Trinajstić information content (AvgIpc) is 3.00. The van der Waals surface area contributed by atoms with Crippen molar-refractivity contribution in [3.63, 3.8) is 0 Å². The van der Waals surface area contributed by atoms with Gasteiger partial charge in [-0.15, -0.1) is 0 Å². The Labute approximate surface area is 130 Å². The van der Waals surface area contributed by atoms with Gasteiger partial charge in [-0.2, -0.15) is 0 Å². The topological polar surface area (TPSA) is 24.5 Å². The van der Waals surface area contributed by atoms with E-state index in [1.165, 1.54) is 83.8 Å². The van der Waals surface area contributed by atoms with Gasteiger partial charge in [0.2, 0.25) is 0 Å². The molecule has 0 aromatic carbocycles. The molecule has 0 bridgehead atoms. The monoisotopic (exact) mass is 294 g/mol. The van der Waals surface area contributed by atoms with Crippen molar-refractivity contribution in [3.8, 4) is 0 Å². The lowest BCUT2D eigenvalue weighted by molar-refractivity contribution is 0.0185. The summed E-state index contributed by atoms with van der Waals surface area (Å²) in [4.78, 5) is 2.86. The highest BCUT2D eigenvalue weighted by atomic mass is 16.5. The van der Waals surface area contributed by atoms with Gasteiger partial charge in [0, 0.05) is 44.9 Å². The Hall–Kier alpha value is -0.120. The summed E-state index contributed by atoms with van der Waals surface area (Å²) in [5.74, 6) is 0.933. The van der Waals surface area contributed by atoms with Gasteiger partial charge in [-0.3, -0.25) is 4.90 Å². The van der Waals surface area contributed by atoms with Crippen molar-refractivity contribution in [2.75, 3.05) is 33.4 Å². The maximum atomic E-state index is 5.28. The molecule has 1 aliphatic heterocycles. The molecule has 1 N–H and O–H groups in total. The Morgan fingerprint density at radius 1 is 1.10 bits per heavy atom. The van der Waals surface area contributed by atoms with E-state index in [4.69, 9.17) is 4.74 Å². The second-order valence-corrected chi connectivity index (χ2v) is 7.61. The third kappa shape index (κ3) is 3.62. The van der Waals surface area contributed by atoms with Crippen LogP contribution in [0.2, 0.25) is 0 Å². The van der Waals surface area contributed by atoms with Gasteiger partial charge in [0.25, 0.3) is 0 Å². The van der Waals surface area contributed by atoms with E-state index in [1.807, 2.05) is 7.11 Å². The number of nitrogens with one attached hydrogen (secondary N) is 1. The summed E-state index contributed by atoms with van der Waals surface area (Å²) in [5, 5.41) is 3.97. The fourth-order valence-electron chi connectivity index (χ4n) is 5.04. The van der Waals surface area contributed by atoms with E-state index in [0.29, 0.717) is 5.54 Å². The van der Waals surface area contributed by atoms with Gasteiger partial charge in [-0.05, 0) is 38.0 Å². The van der Waals surface area contributed by atoms with Gasteiger partial charge in [0.15, 0.2) is 0 Å². The molecule has 0 aromatic heterocycles. The fraction of sp³-hybridized carbons (Fsp3) is 1.00. The molecule has 1 atom stereocenters. The molecule has 3 aliphatic rings. The van der Waals surface area contributed by atoms with Crippen LogP contribution < -0.4 is 5.32 Å². The lowest BCUT2D eigenvalue weighted by atomic mass is 9.80. The quantitative estimate of drug-likeness (QED) is 0.788. The Bertz CT molecular complexity index is 308. The van der Waals surface area contributed by atoms with Crippen LogP contribution in [0, 0.1) is 5.92 Å². The molecule has 2 saturated carbocycles. The third-order valence-electron chi connectivity index (χ3n) is 6.31. The highest BCUT2D eigenvalue weighted by Crippen LogP contribution is 2.39. The summed E-state index contributed by atoms with van der Waals surface area (Å²) in [6, 6.07) is 0.749. The highest BCUT2D eigenvalue weighted by Gasteiger charge is 2.44. The predicted molar refractivity (Wildman–Crippen MR) is 87.6 cm³/mol. The minimum absolute atomic E-state index is 0.485. The molecule has 122 valence electrons. The Morgan fingerprint density at radius 3 is 2.57 bits per heavy atom. The molecule has 21 heavy (non-hydrogen) atoms. The molecule has 3 rings (SSSR count). The van der Waals surface area contributed by atoms with Gasteiger partial charge in [-0.25, -0.2) is 0 Å². The number of methoxy groups -OCH3 is 1. The Kier molecular flexibility index (Phi) is 5.58. The number of ether oxygens (including phenoxy) is 1. The van der Waals surface area contributed by atoms with E-state index >= 15 is 0 Å². The molecule has 2 aliphatic carbocycles. The highest BCUT2D eigenvalue weighted by molar-refractivity contribution is 5.03. The van der Waals surface area contributed by atoms with Crippen LogP contribution in [0.15, 0.2) is 0 Å². The zero-order valence-corrected chi connectivity index (χ0v) is 13.9. The van der Waals surface area contributed by atoms with Crippen molar-refractivity contribution in [1.29, 1.82) is 0 Å². The zero-order chi connectivity index (χ0) is 14.5. The van der Waals surface area contributed by atoms with Crippen LogP contribution >= 0.6 is 0 Å². The third-order valence-corrected chi connectivity index (χ3v) is 6.31. The van der Waals surface area contributed by atoms with Crippen molar-refractivity contribution in [1.82, 2.24) is 10.2 Å². The average molecular weight is 294 g/mol. The molecule has 0 radical (unpaired) electrons. The van der Waals surface area contributed by atoms with Crippen molar-refractivity contribution < 1.29 is 4.74 Å². The fourth-order valence-corrected chi connectivity index (χ4v) is 5.04. The van der Waals surface area contributed by atoms with E-state index in [2.05, 4.69) is 10.2 Å². The van der Waals surface area contributed by atoms with Crippen LogP contribution in [0.1, 0.15) is 64.2 Å². The minimum Gasteiger partial charge on any atom is -0.385 e. The summed E-state index contributed by atoms with van der Waals surface area (Å²) in [5.41, 5.74) is 0.485. The molecule has 3 fully saturated rings. The van der Waals surface area contributed by atoms with Gasteiger partial charge >= 0.3 is 0 Å². The van der Waals surface area contributed by atoms with Gasteiger partial charge < -0.3 is 10.1 Å². The SMILES string of the molecule is COCCCN1CC(C2CCCCC2)NCC12CCCC2. The van der Waals surface area contributed by atoms with Gasteiger partial charge in [-0.1, -0.05) is 32.1 Å². The minimum atomic E-state index is 0.485. The predicted octanol–water partition coefficient (Wildman–Crippen LogP) is 3.19. The molecule has 3 heteroatoms. The van der Waals surface area contributed by atoms with E-state index < -0.39 is 0 Å². The normalized spacial score (nSPS) is 31.0. The number of nitrogens with zero attached hydrogens (tertiary/aromatic N) is 1. The van der Waals surface area contributed by atoms with Crippen molar-refractivity contribution in [2.45, 2.75) is 75.8 Å². The first-order chi connectivity index (χ1) is 10.3. The lowest BCUT2D eigenvalue weighted by Crippen LogP contribution is -2.65. The second-order valence-electron chi connectivity index (χ2n) is 7.61. The summed E-state index contributed by atoms with van der Waals surface area (Å²) < 4.78 is 5.28. The molecule has 1 unspecified atom stereocenters. The van der Waals surface area contributed by atoms with Crippen molar-refractivity contribution in [2.24, 2.45) is 5.92 Å². The van der Waals surface area contributed by atoms with E-state index in [-0.39, 0.29) is 0 Å². The van der Waals surface area contributed by atoms with Crippen LogP contribution in [-0.2, 0) is 4.74 Å². The van der Waals surface area contributed by atoms with Gasteiger partial charge in [0.1, 0.15) is 0 Å². The smallest absolute Gasteiger partial charge is 0.0474 e. The molecule has 0 aromatic rings. The van der Waals surface area contributed by atoms with Crippen molar-refractivity contribution >= 4 is 0 Å². The molecule has 3 nitrogen and oxygen atoms in total. The lowest BCUT2D eigenvalue weighted by Gasteiger charge is -2.50. The van der Waals surface area contributed by atoms with E-state index in [0.717, 1.165) is 18.6 Å². The van der Waals surface area contributed by atoms with E-state index in [1.54, 1.807) is 0 Å². The Morgan fingerprint density at radius 2 is 1.86 bits per heavy atom. The first-order valence-electron chi connectivity index (χ1n) is 9.31. The first kappa shape index (κ1) is 15.8. The maximum Gasteiger partial charge on any atom is 0.0474 e. The van der Waals surface area contributed by atoms with Crippen LogP contribution in [0.3, 0.4) is 0 Å². The standard InChI is InChI=1S/C18H34N2O/c1-21-13-7-12-20-14-17(16-8-3-2-4-9-16)19-15-18(20)10-5-6-11-18/h16-17,19H,2-15H2,1H3. The van der Waals surface area contributed by atoms with Crippen LogP contribution in [0.25, 0.3) is 0 Å². The molecular formula is C18H34N2O. The maximum absolute atomic E-state index is 5.28. The summed E-state index contributed by atoms with van der Waals surface area (Å²) in [7, 11) is 1.83. The van der Waals surface area contributed by atoms with Crippen LogP contribution in [0.5, 0.6) is 0 Å². The summed E-state index contributed by atoms with van der Waals surface area (Å²) >= 11 is 0. The number of rotatable bonds is 5. The van der Waals surface area contributed by atoms with Crippen molar-refractivity contribution in [3.05, 3.63) is 0 Å². The van der Waals surface area contributed by atoms with Crippen LogP contribution in [0.4, 0.5) is 0 Å². The molecule has 0 amide bonds. The Balaban J connectivity index is 1.61. The first-order valence-corrected chi connectivity index (χ1v) is 9.31. The number of hydrogen-bond donors (Lipinski definition) is 1. The largest absolute Gasteiger partial charge is 0.385 e. The summed E-state index contributed by atoms with van der Waals surface area (Å²) in [6.07, 6.45) is 14.1. The van der Waals surface area contributed by atoms with E-state index in [9.17, 15) is 0 Å². The number of piperazine rings is 1. The molecule has 1 spiro atoms. The summed E-state index contributed by atoms with van der Waals surface area (Å²) in [6.45, 7) is 4.67. The second kappa shape index (κ2) is 7.43. The van der Waals surface area contributed by atoms with Crippen LogP contribution in [-0.4, -0.2) is 49.8 Å². The molecular weight excluding hydrogens is 260 g/mol. The molecule has 1 saturated heterocycles. The molecule has 1 heterocycles. The number of hydrogen-bond acceptors (Lipinski definition) is 3. The zero-order valence-electron chi connectivity index (χ0n) is 13.9. The van der Waals surface area contributed by atoms with Gasteiger partial charge in [0.05, 0.1) is 0 Å².